The van der Waals surface area contributed by atoms with E-state index in [9.17, 15) is 31.4 Å². The zero-order valence-corrected chi connectivity index (χ0v) is 16.5. The minimum absolute atomic E-state index is 0.0977. The van der Waals surface area contributed by atoms with Crippen molar-refractivity contribution in [1.29, 1.82) is 0 Å². The second-order valence-corrected chi connectivity index (χ2v) is 7.65. The van der Waals surface area contributed by atoms with Gasteiger partial charge in [0, 0.05) is 11.8 Å². The number of benzene rings is 2. The Labute approximate surface area is 167 Å². The molecule has 0 aliphatic heterocycles. The summed E-state index contributed by atoms with van der Waals surface area (Å²) in [6.45, 7) is 1.57. The van der Waals surface area contributed by atoms with Crippen LogP contribution in [0, 0.1) is 6.92 Å². The summed E-state index contributed by atoms with van der Waals surface area (Å²) in [4.78, 5) is 3.51. The van der Waals surface area contributed by atoms with Crippen LogP contribution in [0.5, 0.6) is 5.75 Å². The van der Waals surface area contributed by atoms with E-state index in [4.69, 9.17) is 18.6 Å². The van der Waals surface area contributed by atoms with Gasteiger partial charge in [0.25, 0.3) is 0 Å². The number of hydrogen-bond acceptors (Lipinski definition) is 2. The van der Waals surface area contributed by atoms with Crippen LogP contribution in [0.3, 0.4) is 0 Å². The number of phenols is 1. The van der Waals surface area contributed by atoms with Gasteiger partial charge >= 0.3 is 48.0 Å². The molecule has 0 radical (unpaired) electrons. The maximum atomic E-state index is 12.9. The molecule has 2 rings (SSSR count). The molecule has 146 valence electrons. The molecular weight excluding hydrogens is 455 g/mol. The molecular formula is C16H11Cl2F6NOTi. The number of rotatable bonds is 2. The molecule has 0 unspecified atom stereocenters. The monoisotopic (exact) mass is 465 g/mol. The number of para-hydroxylation sites is 1. The molecule has 11 heteroatoms. The number of aliphatic imine (C=N–C) groups is 1. The zero-order chi connectivity index (χ0) is 20.8. The second kappa shape index (κ2) is 9.82. The van der Waals surface area contributed by atoms with E-state index in [1.54, 1.807) is 13.0 Å². The van der Waals surface area contributed by atoms with Gasteiger partial charge < -0.3 is 5.11 Å². The van der Waals surface area contributed by atoms with E-state index in [0.717, 1.165) is 6.21 Å². The third-order valence-electron chi connectivity index (χ3n) is 3.24. The van der Waals surface area contributed by atoms with Gasteiger partial charge in [0.15, 0.2) is 0 Å². The normalized spacial score (nSPS) is 11.9. The van der Waals surface area contributed by atoms with E-state index in [2.05, 4.69) is 4.99 Å². The van der Waals surface area contributed by atoms with Crippen molar-refractivity contribution in [3.63, 3.8) is 0 Å². The van der Waals surface area contributed by atoms with Crippen LogP contribution in [-0.2, 0) is 29.4 Å². The molecule has 0 amide bonds. The summed E-state index contributed by atoms with van der Waals surface area (Å²) >= 11 is -0.556. The fourth-order valence-corrected chi connectivity index (χ4v) is 1.98. The molecule has 0 saturated carbocycles. The summed E-state index contributed by atoms with van der Waals surface area (Å²) in [6.07, 6.45) is -8.75. The first kappa shape index (κ1) is 23.8. The summed E-state index contributed by atoms with van der Waals surface area (Å²) < 4.78 is 76.9. The van der Waals surface area contributed by atoms with Crippen LogP contribution in [0.25, 0.3) is 0 Å². The SMILES string of the molecule is Cc1cccc(C=Nc2cc(C(F)(F)F)ccc2C(F)(F)F)c1O.[Cl][Ti][Cl]. The Morgan fingerprint density at radius 2 is 1.59 bits per heavy atom. The molecule has 2 aromatic rings. The quantitative estimate of drug-likeness (QED) is 0.293. The van der Waals surface area contributed by atoms with Crippen molar-refractivity contribution in [2.75, 3.05) is 0 Å². The van der Waals surface area contributed by atoms with Gasteiger partial charge in [-0.3, -0.25) is 4.99 Å². The first-order chi connectivity index (χ1) is 12.4. The van der Waals surface area contributed by atoms with Gasteiger partial charge in [-0.15, -0.1) is 0 Å². The summed E-state index contributed by atoms with van der Waals surface area (Å²) in [5.74, 6) is -0.207. The average molecular weight is 466 g/mol. The van der Waals surface area contributed by atoms with Crippen molar-refractivity contribution >= 4 is 30.5 Å². The third kappa shape index (κ3) is 7.03. The van der Waals surface area contributed by atoms with E-state index in [1.807, 2.05) is 0 Å². The molecule has 27 heavy (non-hydrogen) atoms. The molecule has 1 N–H and O–H groups in total. The van der Waals surface area contributed by atoms with Crippen molar-refractivity contribution in [2.45, 2.75) is 19.3 Å². The van der Waals surface area contributed by atoms with Crippen LogP contribution in [0.4, 0.5) is 32.0 Å². The molecule has 0 saturated heterocycles. The number of halogens is 8. The first-order valence-electron chi connectivity index (χ1n) is 6.99. The van der Waals surface area contributed by atoms with Crippen LogP contribution in [0.1, 0.15) is 22.3 Å². The molecule has 0 heterocycles. The Morgan fingerprint density at radius 1 is 1.00 bits per heavy atom. The maximum absolute atomic E-state index is 12.9. The van der Waals surface area contributed by atoms with Crippen LogP contribution >= 0.6 is 18.6 Å². The molecule has 0 spiro atoms. The van der Waals surface area contributed by atoms with Crippen molar-refractivity contribution in [3.05, 3.63) is 58.7 Å². The van der Waals surface area contributed by atoms with Gasteiger partial charge in [0.1, 0.15) is 5.75 Å². The Kier molecular flexibility index (Phi) is 8.66. The van der Waals surface area contributed by atoms with E-state index in [0.29, 0.717) is 23.8 Å². The molecule has 2 nitrogen and oxygen atoms in total. The van der Waals surface area contributed by atoms with E-state index in [1.165, 1.54) is 12.1 Å². The summed E-state index contributed by atoms with van der Waals surface area (Å²) in [5.41, 5.74) is -2.85. The zero-order valence-electron chi connectivity index (χ0n) is 13.5. The van der Waals surface area contributed by atoms with Crippen LogP contribution in [0.2, 0.25) is 0 Å². The standard InChI is InChI=1S/C16H11F6NO.2ClH.Ti/c1-9-3-2-4-10(14(9)24)8-23-13-7-11(15(17,18)19)5-6-12(13)16(20,21)22;;;/h2-8,24H,1H3;2*1H;/q;;;+2/p-2. The second-order valence-electron chi connectivity index (χ2n) is 5.07. The number of phenolic OH excluding ortho intramolecular Hbond substituents is 1. The van der Waals surface area contributed by atoms with Crippen molar-refractivity contribution in [2.24, 2.45) is 4.99 Å². The van der Waals surface area contributed by atoms with E-state index >= 15 is 0 Å². The summed E-state index contributed by atoms with van der Waals surface area (Å²) in [7, 11) is 9.78. The van der Waals surface area contributed by atoms with Crippen molar-refractivity contribution in [3.8, 4) is 5.75 Å². The number of nitrogens with zero attached hydrogens (tertiary/aromatic N) is 1. The van der Waals surface area contributed by atoms with Crippen LogP contribution in [-0.4, -0.2) is 11.3 Å². The Bertz CT molecular complexity index is 808. The molecule has 0 aromatic heterocycles. The van der Waals surface area contributed by atoms with E-state index < -0.39 is 46.2 Å². The number of alkyl halides is 6. The summed E-state index contributed by atoms with van der Waals surface area (Å²) in [6, 6.07) is 5.50. The van der Waals surface area contributed by atoms with E-state index in [-0.39, 0.29) is 11.3 Å². The molecule has 0 aliphatic rings. The van der Waals surface area contributed by atoms with Crippen LogP contribution < -0.4 is 0 Å². The predicted octanol–water partition coefficient (Wildman–Crippen LogP) is 6.87. The predicted molar refractivity (Wildman–Crippen MR) is 88.2 cm³/mol. The fourth-order valence-electron chi connectivity index (χ4n) is 1.98. The number of aryl methyl sites for hydroxylation is 1. The van der Waals surface area contributed by atoms with Gasteiger partial charge in [-0.05, 0) is 36.8 Å². The molecule has 0 bridgehead atoms. The van der Waals surface area contributed by atoms with Gasteiger partial charge in [-0.2, -0.15) is 26.3 Å². The molecule has 2 aromatic carbocycles. The third-order valence-corrected chi connectivity index (χ3v) is 3.24. The Hall–Kier alpha value is -1.22. The topological polar surface area (TPSA) is 32.6 Å². The first-order valence-corrected chi connectivity index (χ1v) is 11.3. The molecule has 0 fully saturated rings. The minimum atomic E-state index is -4.86. The number of hydrogen-bond donors (Lipinski definition) is 1. The van der Waals surface area contributed by atoms with Crippen molar-refractivity contribution in [1.82, 2.24) is 0 Å². The fraction of sp³-hybridized carbons (Fsp3) is 0.188. The van der Waals surface area contributed by atoms with Gasteiger partial charge in [-0.1, -0.05) is 12.1 Å². The van der Waals surface area contributed by atoms with Gasteiger partial charge in [0.2, 0.25) is 0 Å². The van der Waals surface area contributed by atoms with Gasteiger partial charge in [-0.25, -0.2) is 0 Å². The summed E-state index contributed by atoms with van der Waals surface area (Å²) in [5, 5.41) is 9.80. The average Bonchev–Trinajstić information content (AvgIpc) is 2.55. The van der Waals surface area contributed by atoms with Crippen LogP contribution in [0.15, 0.2) is 41.4 Å². The Balaban J connectivity index is 0.00000114. The number of aromatic hydroxyl groups is 1. The van der Waals surface area contributed by atoms with Gasteiger partial charge in [0.05, 0.1) is 16.8 Å². The Morgan fingerprint density at radius 3 is 2.11 bits per heavy atom. The van der Waals surface area contributed by atoms with Crippen molar-refractivity contribution < 1.29 is 48.5 Å². The molecule has 0 aliphatic carbocycles. The molecule has 0 atom stereocenters.